The van der Waals surface area contributed by atoms with Gasteiger partial charge in [0.15, 0.2) is 5.65 Å². The van der Waals surface area contributed by atoms with Crippen molar-refractivity contribution in [3.05, 3.63) is 53.6 Å². The van der Waals surface area contributed by atoms with Gasteiger partial charge in [-0.1, -0.05) is 6.07 Å². The van der Waals surface area contributed by atoms with Crippen LogP contribution in [0.3, 0.4) is 0 Å². The fourth-order valence-electron chi connectivity index (χ4n) is 3.21. The Hall–Kier alpha value is -2.96. The molecule has 3 aromatic rings. The zero-order valence-electron chi connectivity index (χ0n) is 14.9. The number of likely N-dealkylation sites (tertiary alicyclic amines) is 1. The quantitative estimate of drug-likeness (QED) is 0.725. The van der Waals surface area contributed by atoms with Crippen molar-refractivity contribution in [2.45, 2.75) is 32.8 Å². The zero-order valence-corrected chi connectivity index (χ0v) is 14.9. The molecule has 1 saturated heterocycles. The Morgan fingerprint density at radius 3 is 2.81 bits per heavy atom. The van der Waals surface area contributed by atoms with Crippen LogP contribution in [-0.4, -0.2) is 49.6 Å². The van der Waals surface area contributed by atoms with Crippen LogP contribution in [0.15, 0.2) is 36.8 Å². The molecule has 0 spiro atoms. The third-order valence-electron chi connectivity index (χ3n) is 4.71. The van der Waals surface area contributed by atoms with Crippen molar-refractivity contribution in [1.29, 1.82) is 0 Å². The van der Waals surface area contributed by atoms with Gasteiger partial charge >= 0.3 is 0 Å². The van der Waals surface area contributed by atoms with Gasteiger partial charge in [-0.25, -0.2) is 14.5 Å². The lowest BCUT2D eigenvalue weighted by Crippen LogP contribution is -2.41. The minimum Gasteiger partial charge on any atom is -0.474 e. The summed E-state index contributed by atoms with van der Waals surface area (Å²) in [4.78, 5) is 23.5. The average Bonchev–Trinajstić information content (AvgIpc) is 3.06. The van der Waals surface area contributed by atoms with Crippen LogP contribution in [0.25, 0.3) is 5.65 Å². The molecule has 4 rings (SSSR count). The molecule has 0 atom stereocenters. The fraction of sp³-hybridized carbons (Fsp3) is 0.368. The highest BCUT2D eigenvalue weighted by atomic mass is 16.5. The summed E-state index contributed by atoms with van der Waals surface area (Å²) in [7, 11) is 0. The number of aryl methyl sites for hydroxylation is 2. The number of carbonyl (C=O) groups excluding carboxylic acids is 1. The molecule has 0 unspecified atom stereocenters. The van der Waals surface area contributed by atoms with E-state index in [4.69, 9.17) is 4.74 Å². The second kappa shape index (κ2) is 6.74. The number of nitrogens with zero attached hydrogens (tertiary/aromatic N) is 5. The number of pyridine rings is 1. The van der Waals surface area contributed by atoms with Crippen molar-refractivity contribution in [3.63, 3.8) is 0 Å². The smallest absolute Gasteiger partial charge is 0.259 e. The molecule has 1 fully saturated rings. The van der Waals surface area contributed by atoms with E-state index in [0.717, 1.165) is 24.1 Å². The number of piperidine rings is 1. The molecule has 1 aliphatic heterocycles. The summed E-state index contributed by atoms with van der Waals surface area (Å²) in [5, 5.41) is 4.23. The standard InChI is InChI=1S/C19H21N5O2/c1-13-4-3-8-20-18(13)26-15-6-9-23(10-7-15)19(25)16-12-21-24-11-5-14(2)22-17(16)24/h3-5,8,11-12,15H,6-7,9-10H2,1-2H3. The molecule has 1 aliphatic rings. The summed E-state index contributed by atoms with van der Waals surface area (Å²) >= 11 is 0. The summed E-state index contributed by atoms with van der Waals surface area (Å²) in [6, 6.07) is 5.76. The van der Waals surface area contributed by atoms with Crippen molar-refractivity contribution in [3.8, 4) is 5.88 Å². The van der Waals surface area contributed by atoms with E-state index in [2.05, 4.69) is 15.1 Å². The summed E-state index contributed by atoms with van der Waals surface area (Å²) in [6.45, 7) is 5.20. The number of hydrogen-bond donors (Lipinski definition) is 0. The van der Waals surface area contributed by atoms with Crippen molar-refractivity contribution in [2.75, 3.05) is 13.1 Å². The molecule has 0 aliphatic carbocycles. The Bertz CT molecular complexity index is 944. The third kappa shape index (κ3) is 3.12. The van der Waals surface area contributed by atoms with E-state index in [0.29, 0.717) is 30.2 Å². The molecule has 7 nitrogen and oxygen atoms in total. The summed E-state index contributed by atoms with van der Waals surface area (Å²) in [5.74, 6) is 0.658. The first-order chi connectivity index (χ1) is 12.6. The van der Waals surface area contributed by atoms with Crippen LogP contribution in [0.2, 0.25) is 0 Å². The Morgan fingerprint density at radius 1 is 1.23 bits per heavy atom. The van der Waals surface area contributed by atoms with Crippen molar-refractivity contribution in [2.24, 2.45) is 0 Å². The van der Waals surface area contributed by atoms with Crippen LogP contribution in [0.4, 0.5) is 0 Å². The first-order valence-electron chi connectivity index (χ1n) is 8.80. The van der Waals surface area contributed by atoms with Gasteiger partial charge in [-0.15, -0.1) is 0 Å². The first kappa shape index (κ1) is 16.5. The van der Waals surface area contributed by atoms with Gasteiger partial charge in [-0.05, 0) is 26.0 Å². The SMILES string of the molecule is Cc1ccn2ncc(C(=O)N3CCC(Oc4ncccc4C)CC3)c2n1. The normalized spacial score (nSPS) is 15.4. The molecule has 0 radical (unpaired) electrons. The molecule has 0 bridgehead atoms. The van der Waals surface area contributed by atoms with E-state index in [1.165, 1.54) is 0 Å². The molecule has 134 valence electrons. The molecule has 26 heavy (non-hydrogen) atoms. The van der Waals surface area contributed by atoms with Gasteiger partial charge in [0.2, 0.25) is 5.88 Å². The number of ether oxygens (including phenoxy) is 1. The number of amides is 1. The molecule has 7 heteroatoms. The van der Waals surface area contributed by atoms with Crippen LogP contribution < -0.4 is 4.74 Å². The van der Waals surface area contributed by atoms with Gasteiger partial charge < -0.3 is 9.64 Å². The van der Waals surface area contributed by atoms with E-state index in [9.17, 15) is 4.79 Å². The van der Waals surface area contributed by atoms with Gasteiger partial charge in [0.25, 0.3) is 5.91 Å². The summed E-state index contributed by atoms with van der Waals surface area (Å²) in [6.07, 6.45) is 6.81. The monoisotopic (exact) mass is 351 g/mol. The van der Waals surface area contributed by atoms with Gasteiger partial charge in [-0.2, -0.15) is 5.10 Å². The Balaban J connectivity index is 1.43. The largest absolute Gasteiger partial charge is 0.474 e. The number of carbonyl (C=O) groups is 1. The number of rotatable bonds is 3. The van der Waals surface area contributed by atoms with Crippen LogP contribution in [0.5, 0.6) is 5.88 Å². The molecule has 3 aromatic heterocycles. The maximum Gasteiger partial charge on any atom is 0.259 e. The highest BCUT2D eigenvalue weighted by Gasteiger charge is 2.27. The zero-order chi connectivity index (χ0) is 18.1. The van der Waals surface area contributed by atoms with Crippen molar-refractivity contribution < 1.29 is 9.53 Å². The Kier molecular flexibility index (Phi) is 4.28. The first-order valence-corrected chi connectivity index (χ1v) is 8.80. The van der Waals surface area contributed by atoms with E-state index in [1.54, 1.807) is 16.9 Å². The van der Waals surface area contributed by atoms with Crippen LogP contribution in [0.1, 0.15) is 34.5 Å². The molecular weight excluding hydrogens is 330 g/mol. The topological polar surface area (TPSA) is 72.6 Å². The molecule has 1 amide bonds. The summed E-state index contributed by atoms with van der Waals surface area (Å²) in [5.41, 5.74) is 3.05. The minimum atomic E-state index is -0.0226. The summed E-state index contributed by atoms with van der Waals surface area (Å²) < 4.78 is 7.65. The van der Waals surface area contributed by atoms with Crippen molar-refractivity contribution in [1.82, 2.24) is 24.5 Å². The Labute approximate surface area is 151 Å². The molecular formula is C19H21N5O2. The highest BCUT2D eigenvalue weighted by molar-refractivity contribution is 5.99. The Morgan fingerprint density at radius 2 is 2.04 bits per heavy atom. The van der Waals surface area contributed by atoms with E-state index >= 15 is 0 Å². The second-order valence-corrected chi connectivity index (χ2v) is 6.63. The maximum absolute atomic E-state index is 12.9. The minimum absolute atomic E-state index is 0.0226. The van der Waals surface area contributed by atoms with Gasteiger partial charge in [0, 0.05) is 49.6 Å². The molecule has 0 saturated carbocycles. The highest BCUT2D eigenvalue weighted by Crippen LogP contribution is 2.21. The van der Waals surface area contributed by atoms with Gasteiger partial charge in [-0.3, -0.25) is 4.79 Å². The lowest BCUT2D eigenvalue weighted by molar-refractivity contribution is 0.0588. The van der Waals surface area contributed by atoms with E-state index in [-0.39, 0.29) is 12.0 Å². The molecule has 0 aromatic carbocycles. The van der Waals surface area contributed by atoms with Crippen LogP contribution >= 0.6 is 0 Å². The van der Waals surface area contributed by atoms with E-state index < -0.39 is 0 Å². The second-order valence-electron chi connectivity index (χ2n) is 6.63. The predicted molar refractivity (Wildman–Crippen MR) is 96.3 cm³/mol. The maximum atomic E-state index is 12.9. The molecule has 0 N–H and O–H groups in total. The lowest BCUT2D eigenvalue weighted by Gasteiger charge is -2.32. The van der Waals surface area contributed by atoms with Gasteiger partial charge in [0.05, 0.1) is 6.20 Å². The number of aromatic nitrogens is 4. The van der Waals surface area contributed by atoms with Crippen LogP contribution in [-0.2, 0) is 0 Å². The molecule has 4 heterocycles. The fourth-order valence-corrected chi connectivity index (χ4v) is 3.21. The van der Waals surface area contributed by atoms with E-state index in [1.807, 2.05) is 43.1 Å². The third-order valence-corrected chi connectivity index (χ3v) is 4.71. The van der Waals surface area contributed by atoms with Crippen molar-refractivity contribution >= 4 is 11.6 Å². The number of fused-ring (bicyclic) bond motifs is 1. The van der Waals surface area contributed by atoms with Gasteiger partial charge in [0.1, 0.15) is 11.7 Å². The number of hydrogen-bond acceptors (Lipinski definition) is 5. The average molecular weight is 351 g/mol. The van der Waals surface area contributed by atoms with Crippen LogP contribution in [0, 0.1) is 13.8 Å². The lowest BCUT2D eigenvalue weighted by atomic mass is 10.1. The predicted octanol–water partition coefficient (Wildman–Crippen LogP) is 2.42.